The second-order valence-corrected chi connectivity index (χ2v) is 10.6. The smallest absolute Gasteiger partial charge is 0.200 e. The van der Waals surface area contributed by atoms with Crippen molar-refractivity contribution in [2.45, 2.75) is 26.2 Å². The Hall–Kier alpha value is -4.60. The Morgan fingerprint density at radius 2 is 0.308 bits per heavy atom. The zero-order valence-corrected chi connectivity index (χ0v) is 24.7. The van der Waals surface area contributed by atoms with Gasteiger partial charge in [0.25, 0.3) is 0 Å². The normalized spacial score (nSPS) is 11.9. The molecule has 4 aromatic carbocycles. The number of benzene rings is 4. The molecule has 2 nitrogen and oxygen atoms in total. The van der Waals surface area contributed by atoms with Crippen LogP contribution in [-0.4, -0.2) is 22.9 Å². The number of hydrogen-bond acceptors (Lipinski definition) is 2. The van der Waals surface area contributed by atoms with Gasteiger partial charge in [-0.1, -0.05) is 0 Å². The van der Waals surface area contributed by atoms with Gasteiger partial charge in [0.05, 0.1) is 0 Å². The molecular weight excluding hydrogens is 768 g/mol. The molecule has 4 rings (SSSR count). The summed E-state index contributed by atoms with van der Waals surface area (Å²) in [7, 11) is 0. The van der Waals surface area contributed by atoms with Gasteiger partial charge in [-0.25, -0.2) is 87.8 Å². The van der Waals surface area contributed by atoms with Crippen LogP contribution < -0.4 is 0 Å². The van der Waals surface area contributed by atoms with Crippen molar-refractivity contribution < 1.29 is 87.8 Å². The van der Waals surface area contributed by atoms with E-state index in [0.717, 1.165) is 0 Å². The molecule has 0 N–H and O–H groups in total. The summed E-state index contributed by atoms with van der Waals surface area (Å²) >= 11 is 0. The Morgan fingerprint density at radius 3 is 0.442 bits per heavy atom. The Balaban J connectivity index is 1.86. The Kier molecular flexibility index (Phi) is 11.7. The van der Waals surface area contributed by atoms with Crippen LogP contribution >= 0.6 is 0 Å². The van der Waals surface area contributed by atoms with Crippen molar-refractivity contribution in [1.29, 1.82) is 0 Å². The first kappa shape index (κ1) is 40.2. The predicted molar refractivity (Wildman–Crippen MR) is 133 cm³/mol. The first-order valence-corrected chi connectivity index (χ1v) is 13.6. The van der Waals surface area contributed by atoms with Crippen molar-refractivity contribution in [2.24, 2.45) is 0 Å². The molecule has 0 amide bonds. The lowest BCUT2D eigenvalue weighted by Gasteiger charge is -2.29. The first-order chi connectivity index (χ1) is 24.1. The summed E-state index contributed by atoms with van der Waals surface area (Å²) < 4.78 is 282. The third-order valence-electron chi connectivity index (χ3n) is 7.46. The van der Waals surface area contributed by atoms with Crippen molar-refractivity contribution in [3.63, 3.8) is 0 Å². The highest BCUT2D eigenvalue weighted by Gasteiger charge is 2.33. The van der Waals surface area contributed by atoms with Crippen molar-refractivity contribution in [2.75, 3.05) is 13.1 Å². The topological polar surface area (TPSA) is 6.48 Å². The molecule has 52 heavy (non-hydrogen) atoms. The summed E-state index contributed by atoms with van der Waals surface area (Å²) in [5.74, 6) is -52.6. The highest BCUT2D eigenvalue weighted by molar-refractivity contribution is 5.28. The minimum Gasteiger partial charge on any atom is -0.293 e. The Bertz CT molecular complexity index is 1680. The maximum Gasteiger partial charge on any atom is 0.200 e. The number of rotatable bonds is 11. The van der Waals surface area contributed by atoms with Crippen LogP contribution in [0.1, 0.15) is 22.3 Å². The van der Waals surface area contributed by atoms with E-state index in [1.165, 1.54) is 0 Å². The second kappa shape index (κ2) is 15.2. The number of nitrogens with zero attached hydrogens (tertiary/aromatic N) is 2. The minimum absolute atomic E-state index is 0.112. The van der Waals surface area contributed by atoms with E-state index in [-0.39, 0.29) is 9.80 Å². The van der Waals surface area contributed by atoms with E-state index in [1.807, 2.05) is 0 Å². The van der Waals surface area contributed by atoms with E-state index in [9.17, 15) is 87.8 Å². The summed E-state index contributed by atoms with van der Waals surface area (Å²) in [5, 5.41) is 0. The number of hydrogen-bond donors (Lipinski definition) is 0. The fourth-order valence-corrected chi connectivity index (χ4v) is 4.76. The van der Waals surface area contributed by atoms with E-state index in [4.69, 9.17) is 0 Å². The molecule has 0 aliphatic carbocycles. The minimum atomic E-state index is -2.72. The molecule has 0 aliphatic heterocycles. The maximum absolute atomic E-state index is 14.6. The first-order valence-electron chi connectivity index (χ1n) is 13.6. The SMILES string of the molecule is Fc1c(F)c(F)c(CN(CCN(Cc2c(F)c(F)c(F)c(F)c2F)Cc2c(F)c(F)c(F)c(F)c2F)Cc2c(F)c(F)c(F)c(F)c2F)c(F)c1F. The molecule has 0 saturated heterocycles. The molecule has 0 atom stereocenters. The third kappa shape index (κ3) is 7.08. The lowest BCUT2D eigenvalue weighted by molar-refractivity contribution is 0.167. The van der Waals surface area contributed by atoms with Gasteiger partial charge >= 0.3 is 0 Å². The van der Waals surface area contributed by atoms with Crippen molar-refractivity contribution in [3.05, 3.63) is 139 Å². The molecule has 4 aromatic rings. The van der Waals surface area contributed by atoms with E-state index in [0.29, 0.717) is 0 Å². The van der Waals surface area contributed by atoms with Gasteiger partial charge in [-0.3, -0.25) is 9.80 Å². The molecule has 0 saturated carbocycles. The van der Waals surface area contributed by atoms with Crippen LogP contribution in [0, 0.1) is 116 Å². The van der Waals surface area contributed by atoms with Crippen molar-refractivity contribution in [3.8, 4) is 0 Å². The molecule has 0 heterocycles. The molecule has 0 aromatic heterocycles. The largest absolute Gasteiger partial charge is 0.293 e. The van der Waals surface area contributed by atoms with Crippen LogP contribution in [0.2, 0.25) is 0 Å². The fourth-order valence-electron chi connectivity index (χ4n) is 4.76. The molecule has 22 heteroatoms. The summed E-state index contributed by atoms with van der Waals surface area (Å²) in [5.41, 5.74) is -7.37. The fraction of sp³-hybridized carbons (Fsp3) is 0.200. The zero-order valence-electron chi connectivity index (χ0n) is 24.7. The van der Waals surface area contributed by atoms with Gasteiger partial charge in [-0.2, -0.15) is 0 Å². The molecule has 0 radical (unpaired) electrons. The average Bonchev–Trinajstić information content (AvgIpc) is 3.13. The van der Waals surface area contributed by atoms with Gasteiger partial charge in [0, 0.05) is 61.5 Å². The van der Waals surface area contributed by atoms with Crippen LogP contribution in [-0.2, 0) is 26.2 Å². The summed E-state index contributed by atoms with van der Waals surface area (Å²) in [6.07, 6.45) is 0. The van der Waals surface area contributed by atoms with Crippen LogP contribution in [0.15, 0.2) is 0 Å². The van der Waals surface area contributed by atoms with E-state index < -0.39 is 178 Å². The highest BCUT2D eigenvalue weighted by Crippen LogP contribution is 2.30. The molecular formula is C30H12F20N2. The Morgan fingerprint density at radius 1 is 0.192 bits per heavy atom. The van der Waals surface area contributed by atoms with Crippen molar-refractivity contribution in [1.82, 2.24) is 9.80 Å². The lowest BCUT2D eigenvalue weighted by Crippen LogP contribution is -2.36. The Labute approximate surface area is 276 Å². The highest BCUT2D eigenvalue weighted by atomic mass is 19.2. The molecule has 0 unspecified atom stereocenters. The molecule has 0 bridgehead atoms. The average molecular weight is 780 g/mol. The van der Waals surface area contributed by atoms with Gasteiger partial charge in [0.15, 0.2) is 93.1 Å². The maximum atomic E-state index is 14.6. The number of halogens is 20. The van der Waals surface area contributed by atoms with E-state index in [1.54, 1.807) is 0 Å². The van der Waals surface area contributed by atoms with E-state index in [2.05, 4.69) is 0 Å². The third-order valence-corrected chi connectivity index (χ3v) is 7.46. The molecule has 0 aliphatic rings. The predicted octanol–water partition coefficient (Wildman–Crippen LogP) is 9.17. The van der Waals surface area contributed by atoms with Gasteiger partial charge in [0.2, 0.25) is 23.3 Å². The van der Waals surface area contributed by atoms with Gasteiger partial charge in [0.1, 0.15) is 0 Å². The lowest BCUT2D eigenvalue weighted by atomic mass is 10.1. The van der Waals surface area contributed by atoms with E-state index >= 15 is 0 Å². The molecule has 0 fully saturated rings. The summed E-state index contributed by atoms with van der Waals surface area (Å²) in [4.78, 5) is 0.223. The van der Waals surface area contributed by atoms with Crippen molar-refractivity contribution >= 4 is 0 Å². The van der Waals surface area contributed by atoms with Gasteiger partial charge in [-0.15, -0.1) is 0 Å². The van der Waals surface area contributed by atoms with Crippen LogP contribution in [0.25, 0.3) is 0 Å². The second-order valence-electron chi connectivity index (χ2n) is 10.6. The van der Waals surface area contributed by atoms with Crippen LogP contribution in [0.3, 0.4) is 0 Å². The standard InChI is InChI=1S/C30H12F20N2/c31-11-7(12(32)20(40)27(47)19(11)39)3-51(4-8-13(33)21(41)28(48)22(42)14(8)34)1-2-52(5-9-15(35)23(43)29(49)24(44)16(9)36)6-10-17(37)25(45)30(50)26(46)18(10)38/h1-6H2. The van der Waals surface area contributed by atoms with Crippen LogP contribution in [0.4, 0.5) is 87.8 Å². The van der Waals surface area contributed by atoms with Crippen LogP contribution in [0.5, 0.6) is 0 Å². The molecule has 282 valence electrons. The summed E-state index contributed by atoms with van der Waals surface area (Å²) in [6, 6.07) is 0. The zero-order chi connectivity index (χ0) is 39.3. The molecule has 0 spiro atoms. The van der Waals surface area contributed by atoms with Gasteiger partial charge < -0.3 is 0 Å². The van der Waals surface area contributed by atoms with Gasteiger partial charge in [-0.05, 0) is 0 Å². The summed E-state index contributed by atoms with van der Waals surface area (Å²) in [6.45, 7) is -9.70. The quantitative estimate of drug-likeness (QED) is 0.0852. The monoisotopic (exact) mass is 780 g/mol.